The van der Waals surface area contributed by atoms with E-state index in [1.165, 1.54) is 10.4 Å². The first-order valence-electron chi connectivity index (χ1n) is 9.47. The molecular weight excluding hydrogens is 388 g/mol. The van der Waals surface area contributed by atoms with E-state index < -0.39 is 15.4 Å². The summed E-state index contributed by atoms with van der Waals surface area (Å²) in [5.41, 5.74) is 0.181. The number of hydrogen-bond donors (Lipinski definition) is 0. The highest BCUT2D eigenvalue weighted by atomic mass is 35.5. The Balaban J connectivity index is 1.90. The van der Waals surface area contributed by atoms with Gasteiger partial charge in [0.25, 0.3) is 0 Å². The lowest BCUT2D eigenvalue weighted by Gasteiger charge is -2.24. The molecule has 8 heteroatoms. The van der Waals surface area contributed by atoms with Gasteiger partial charge in [0, 0.05) is 31.2 Å². The SMILES string of the molecule is CCCN1CCC2(CCN(S(=O)(=O)c3cc(Cl)c(C)cc3OCC)C2)C1=O. The first kappa shape index (κ1) is 20.4. The van der Waals surface area contributed by atoms with Gasteiger partial charge in [-0.2, -0.15) is 4.31 Å². The summed E-state index contributed by atoms with van der Waals surface area (Å²) in [6.07, 6.45) is 2.18. The molecule has 1 aromatic carbocycles. The molecule has 1 aromatic rings. The molecule has 150 valence electrons. The zero-order valence-electron chi connectivity index (χ0n) is 16.1. The van der Waals surface area contributed by atoms with Gasteiger partial charge in [-0.25, -0.2) is 8.42 Å². The molecule has 0 aliphatic carbocycles. The largest absolute Gasteiger partial charge is 0.492 e. The summed E-state index contributed by atoms with van der Waals surface area (Å²) >= 11 is 6.20. The molecule has 2 heterocycles. The van der Waals surface area contributed by atoms with Gasteiger partial charge in [0.2, 0.25) is 15.9 Å². The van der Waals surface area contributed by atoms with Crippen molar-refractivity contribution in [3.05, 3.63) is 22.7 Å². The number of ether oxygens (including phenoxy) is 1. The van der Waals surface area contributed by atoms with Gasteiger partial charge in [-0.1, -0.05) is 18.5 Å². The predicted octanol–water partition coefficient (Wildman–Crippen LogP) is 3.07. The summed E-state index contributed by atoms with van der Waals surface area (Å²) in [4.78, 5) is 14.8. The Hall–Kier alpha value is -1.31. The van der Waals surface area contributed by atoms with Crippen LogP contribution in [0.5, 0.6) is 5.75 Å². The summed E-state index contributed by atoms with van der Waals surface area (Å²) in [5, 5.41) is 0.386. The molecule has 1 amide bonds. The lowest BCUT2D eigenvalue weighted by molar-refractivity contribution is -0.135. The Bertz CT molecular complexity index is 842. The van der Waals surface area contributed by atoms with Gasteiger partial charge in [0.1, 0.15) is 10.6 Å². The Labute approximate surface area is 166 Å². The molecule has 0 aromatic heterocycles. The van der Waals surface area contributed by atoms with Gasteiger partial charge >= 0.3 is 0 Å². The molecule has 0 saturated carbocycles. The van der Waals surface area contributed by atoms with Crippen LogP contribution >= 0.6 is 11.6 Å². The molecule has 3 rings (SSSR count). The van der Waals surface area contributed by atoms with Crippen LogP contribution in [0.1, 0.15) is 38.7 Å². The zero-order chi connectivity index (χ0) is 19.8. The summed E-state index contributed by atoms with van der Waals surface area (Å²) in [5.74, 6) is 0.403. The van der Waals surface area contributed by atoms with E-state index in [1.54, 1.807) is 6.07 Å². The van der Waals surface area contributed by atoms with Crippen molar-refractivity contribution >= 4 is 27.5 Å². The number of aryl methyl sites for hydroxylation is 1. The van der Waals surface area contributed by atoms with Crippen LogP contribution in [0.25, 0.3) is 0 Å². The molecular formula is C19H27ClN2O4S. The zero-order valence-corrected chi connectivity index (χ0v) is 17.7. The number of halogens is 1. The van der Waals surface area contributed by atoms with Crippen molar-refractivity contribution in [2.24, 2.45) is 5.41 Å². The van der Waals surface area contributed by atoms with Crippen molar-refractivity contribution in [3.8, 4) is 5.75 Å². The van der Waals surface area contributed by atoms with Gasteiger partial charge in [-0.15, -0.1) is 0 Å². The number of carbonyl (C=O) groups excluding carboxylic acids is 1. The van der Waals surface area contributed by atoms with Gasteiger partial charge in [-0.05, 0) is 50.8 Å². The third-order valence-corrected chi connectivity index (χ3v) is 7.83. The standard InChI is InChI=1S/C19H27ClN2O4S/c1-4-8-21-9-6-19(18(21)23)7-10-22(13-19)27(24,25)17-12-15(20)14(3)11-16(17)26-5-2/h11-12H,4-10,13H2,1-3H3. The topological polar surface area (TPSA) is 66.9 Å². The second kappa shape index (κ2) is 7.60. The minimum atomic E-state index is -3.79. The summed E-state index contributed by atoms with van der Waals surface area (Å²) in [6.45, 7) is 8.03. The molecule has 1 spiro atoms. The van der Waals surface area contributed by atoms with Crippen molar-refractivity contribution in [2.75, 3.05) is 32.8 Å². The average molecular weight is 415 g/mol. The average Bonchev–Trinajstić information content (AvgIpc) is 3.19. The summed E-state index contributed by atoms with van der Waals surface area (Å²) < 4.78 is 33.6. The molecule has 0 N–H and O–H groups in total. The number of carbonyl (C=O) groups is 1. The molecule has 27 heavy (non-hydrogen) atoms. The second-order valence-corrected chi connectivity index (χ2v) is 9.71. The number of amides is 1. The van der Waals surface area contributed by atoms with Crippen molar-refractivity contribution < 1.29 is 17.9 Å². The van der Waals surface area contributed by atoms with Crippen molar-refractivity contribution in [2.45, 2.75) is 44.9 Å². The first-order valence-corrected chi connectivity index (χ1v) is 11.3. The Kier molecular flexibility index (Phi) is 5.75. The second-order valence-electron chi connectivity index (χ2n) is 7.39. The maximum atomic E-state index is 13.3. The van der Waals surface area contributed by atoms with Crippen LogP contribution in [0, 0.1) is 12.3 Å². The van der Waals surface area contributed by atoms with Crippen LogP contribution in [-0.4, -0.2) is 56.3 Å². The maximum Gasteiger partial charge on any atom is 0.246 e. The van der Waals surface area contributed by atoms with Gasteiger partial charge in [0.15, 0.2) is 0 Å². The smallest absolute Gasteiger partial charge is 0.246 e. The molecule has 1 unspecified atom stereocenters. The van der Waals surface area contributed by atoms with Crippen LogP contribution in [0.4, 0.5) is 0 Å². The normalized spacial score (nSPS) is 23.6. The highest BCUT2D eigenvalue weighted by molar-refractivity contribution is 7.89. The lowest BCUT2D eigenvalue weighted by Crippen LogP contribution is -2.38. The molecule has 1 atom stereocenters. The van der Waals surface area contributed by atoms with Gasteiger partial charge < -0.3 is 9.64 Å². The van der Waals surface area contributed by atoms with E-state index in [9.17, 15) is 13.2 Å². The predicted molar refractivity (Wildman–Crippen MR) is 105 cm³/mol. The molecule has 6 nitrogen and oxygen atoms in total. The van der Waals surface area contributed by atoms with Gasteiger partial charge in [0.05, 0.1) is 12.0 Å². The third-order valence-electron chi connectivity index (χ3n) is 5.56. The fourth-order valence-corrected chi connectivity index (χ4v) is 5.93. The van der Waals surface area contributed by atoms with E-state index >= 15 is 0 Å². The Morgan fingerprint density at radius 3 is 2.59 bits per heavy atom. The fraction of sp³-hybridized carbons (Fsp3) is 0.632. The Morgan fingerprint density at radius 1 is 1.22 bits per heavy atom. The molecule has 0 radical (unpaired) electrons. The molecule has 2 fully saturated rings. The molecule has 2 saturated heterocycles. The summed E-state index contributed by atoms with van der Waals surface area (Å²) in [7, 11) is -3.79. The van der Waals surface area contributed by atoms with Crippen molar-refractivity contribution in [1.82, 2.24) is 9.21 Å². The van der Waals surface area contributed by atoms with Crippen LogP contribution in [0.15, 0.2) is 17.0 Å². The first-order chi connectivity index (χ1) is 12.7. The van der Waals surface area contributed by atoms with Crippen LogP contribution in [0.3, 0.4) is 0 Å². The highest BCUT2D eigenvalue weighted by Crippen LogP contribution is 2.43. The van der Waals surface area contributed by atoms with Crippen LogP contribution in [-0.2, 0) is 14.8 Å². The number of benzene rings is 1. The van der Waals surface area contributed by atoms with Gasteiger partial charge in [-0.3, -0.25) is 4.79 Å². The number of nitrogens with zero attached hydrogens (tertiary/aromatic N) is 2. The highest BCUT2D eigenvalue weighted by Gasteiger charge is 2.53. The maximum absolute atomic E-state index is 13.3. The van der Waals surface area contributed by atoms with E-state index in [0.717, 1.165) is 18.5 Å². The monoisotopic (exact) mass is 414 g/mol. The fourth-order valence-electron chi connectivity index (χ4n) is 4.04. The quantitative estimate of drug-likeness (QED) is 0.717. The van der Waals surface area contributed by atoms with E-state index in [2.05, 4.69) is 0 Å². The number of likely N-dealkylation sites (tertiary alicyclic amines) is 1. The number of rotatable bonds is 6. The molecule has 0 bridgehead atoms. The van der Waals surface area contributed by atoms with Crippen molar-refractivity contribution in [3.63, 3.8) is 0 Å². The lowest BCUT2D eigenvalue weighted by atomic mass is 9.86. The van der Waals surface area contributed by atoms with Crippen molar-refractivity contribution in [1.29, 1.82) is 0 Å². The minimum absolute atomic E-state index is 0.0767. The number of hydrogen-bond acceptors (Lipinski definition) is 4. The van der Waals surface area contributed by atoms with Crippen LogP contribution < -0.4 is 4.74 Å². The van der Waals surface area contributed by atoms with E-state index in [-0.39, 0.29) is 17.3 Å². The molecule has 2 aliphatic heterocycles. The number of sulfonamides is 1. The van der Waals surface area contributed by atoms with E-state index in [4.69, 9.17) is 16.3 Å². The molecule has 2 aliphatic rings. The van der Waals surface area contributed by atoms with E-state index in [0.29, 0.717) is 43.3 Å². The summed E-state index contributed by atoms with van der Waals surface area (Å²) in [6, 6.07) is 3.12. The van der Waals surface area contributed by atoms with E-state index in [1.807, 2.05) is 25.7 Å². The Morgan fingerprint density at radius 2 is 1.93 bits per heavy atom. The van der Waals surface area contributed by atoms with Crippen LogP contribution in [0.2, 0.25) is 5.02 Å². The minimum Gasteiger partial charge on any atom is -0.492 e. The third kappa shape index (κ3) is 3.57.